The minimum atomic E-state index is -0.467. The highest BCUT2D eigenvalue weighted by Crippen LogP contribution is 2.51. The molecular formula is C18H27FO. The van der Waals surface area contributed by atoms with Gasteiger partial charge in [0, 0.05) is 5.41 Å². The fourth-order valence-corrected chi connectivity index (χ4v) is 3.97. The van der Waals surface area contributed by atoms with Gasteiger partial charge in [-0.15, -0.1) is 0 Å². The average Bonchev–Trinajstić information content (AvgIpc) is 2.83. The van der Waals surface area contributed by atoms with Gasteiger partial charge in [-0.2, -0.15) is 0 Å². The summed E-state index contributed by atoms with van der Waals surface area (Å²) in [5.74, 6) is 0.427. The molecule has 1 saturated carbocycles. The van der Waals surface area contributed by atoms with Gasteiger partial charge in [-0.05, 0) is 55.7 Å². The Morgan fingerprint density at radius 3 is 2.10 bits per heavy atom. The summed E-state index contributed by atoms with van der Waals surface area (Å²) in [7, 11) is 0. The van der Waals surface area contributed by atoms with Crippen molar-refractivity contribution >= 4 is 0 Å². The van der Waals surface area contributed by atoms with Crippen LogP contribution >= 0.6 is 0 Å². The molecule has 1 aliphatic rings. The molecule has 2 heteroatoms. The van der Waals surface area contributed by atoms with Gasteiger partial charge < -0.3 is 5.11 Å². The van der Waals surface area contributed by atoms with Crippen LogP contribution < -0.4 is 0 Å². The number of aliphatic hydroxyl groups excluding tert-OH is 1. The fraction of sp³-hybridized carbons (Fsp3) is 0.667. The first-order valence-corrected chi connectivity index (χ1v) is 7.80. The molecule has 112 valence electrons. The van der Waals surface area contributed by atoms with E-state index in [0.29, 0.717) is 17.0 Å². The van der Waals surface area contributed by atoms with Crippen LogP contribution in [0.2, 0.25) is 0 Å². The SMILES string of the molecule is Cc1cc(C(O)C2(CC(C)C)CCCC2)cc(C)c1F. The summed E-state index contributed by atoms with van der Waals surface area (Å²) in [6, 6.07) is 3.65. The third-order valence-corrected chi connectivity index (χ3v) is 4.77. The van der Waals surface area contributed by atoms with Gasteiger partial charge in [0.1, 0.15) is 5.82 Å². The molecule has 1 aromatic rings. The Labute approximate surface area is 122 Å². The van der Waals surface area contributed by atoms with Gasteiger partial charge >= 0.3 is 0 Å². The van der Waals surface area contributed by atoms with E-state index in [0.717, 1.165) is 24.8 Å². The summed E-state index contributed by atoms with van der Waals surface area (Å²) in [5, 5.41) is 10.9. The zero-order valence-corrected chi connectivity index (χ0v) is 13.2. The van der Waals surface area contributed by atoms with Gasteiger partial charge in [-0.3, -0.25) is 0 Å². The highest BCUT2D eigenvalue weighted by Gasteiger charge is 2.41. The van der Waals surface area contributed by atoms with Gasteiger partial charge in [-0.1, -0.05) is 38.8 Å². The second-order valence-corrected chi connectivity index (χ2v) is 7.04. The summed E-state index contributed by atoms with van der Waals surface area (Å²) in [5.41, 5.74) is 2.16. The van der Waals surface area contributed by atoms with E-state index in [4.69, 9.17) is 0 Å². The summed E-state index contributed by atoms with van der Waals surface area (Å²) >= 11 is 0. The number of hydrogen-bond acceptors (Lipinski definition) is 1. The first kappa shape index (κ1) is 15.5. The molecule has 1 unspecified atom stereocenters. The Balaban J connectivity index is 2.35. The van der Waals surface area contributed by atoms with Crippen LogP contribution in [0, 0.1) is 31.0 Å². The molecule has 1 nitrogen and oxygen atoms in total. The first-order chi connectivity index (χ1) is 9.35. The van der Waals surface area contributed by atoms with Crippen molar-refractivity contribution in [2.45, 2.75) is 65.9 Å². The molecule has 0 radical (unpaired) electrons. The predicted molar refractivity (Wildman–Crippen MR) is 81.2 cm³/mol. The molecule has 20 heavy (non-hydrogen) atoms. The minimum absolute atomic E-state index is 0.00905. The first-order valence-electron chi connectivity index (χ1n) is 7.80. The monoisotopic (exact) mass is 278 g/mol. The van der Waals surface area contributed by atoms with Gasteiger partial charge in [0.15, 0.2) is 0 Å². The molecule has 0 spiro atoms. The molecule has 0 saturated heterocycles. The lowest BCUT2D eigenvalue weighted by molar-refractivity contribution is 0.0111. The highest BCUT2D eigenvalue weighted by atomic mass is 19.1. The average molecular weight is 278 g/mol. The molecule has 0 aliphatic heterocycles. The van der Waals surface area contributed by atoms with E-state index in [1.807, 2.05) is 12.1 Å². The van der Waals surface area contributed by atoms with E-state index in [1.165, 1.54) is 12.8 Å². The summed E-state index contributed by atoms with van der Waals surface area (Å²) < 4.78 is 13.8. The Morgan fingerprint density at radius 2 is 1.65 bits per heavy atom. The van der Waals surface area contributed by atoms with Gasteiger partial charge in [0.25, 0.3) is 0 Å². The van der Waals surface area contributed by atoms with Crippen molar-refractivity contribution < 1.29 is 9.50 Å². The topological polar surface area (TPSA) is 20.2 Å². The van der Waals surface area contributed by atoms with Crippen LogP contribution in [0.15, 0.2) is 12.1 Å². The van der Waals surface area contributed by atoms with Crippen molar-refractivity contribution in [2.24, 2.45) is 11.3 Å². The van der Waals surface area contributed by atoms with Crippen LogP contribution in [0.1, 0.15) is 68.7 Å². The molecule has 1 aromatic carbocycles. The van der Waals surface area contributed by atoms with E-state index >= 15 is 0 Å². The molecule has 1 aliphatic carbocycles. The summed E-state index contributed by atoms with van der Waals surface area (Å²) in [6.07, 6.45) is 5.14. The third-order valence-electron chi connectivity index (χ3n) is 4.77. The fourth-order valence-electron chi connectivity index (χ4n) is 3.97. The number of aliphatic hydroxyl groups is 1. The van der Waals surface area contributed by atoms with Gasteiger partial charge in [-0.25, -0.2) is 4.39 Å². The molecule has 1 fully saturated rings. The maximum atomic E-state index is 13.8. The Hall–Kier alpha value is -0.890. The standard InChI is InChI=1S/C18H27FO/c1-12(2)11-18(7-5-6-8-18)17(20)15-9-13(3)16(19)14(4)10-15/h9-10,12,17,20H,5-8,11H2,1-4H3. The number of rotatable bonds is 4. The number of benzene rings is 1. The molecular weight excluding hydrogens is 251 g/mol. The number of hydrogen-bond donors (Lipinski definition) is 1. The van der Waals surface area contributed by atoms with Gasteiger partial charge in [0.2, 0.25) is 0 Å². The van der Waals surface area contributed by atoms with E-state index in [1.54, 1.807) is 13.8 Å². The molecule has 0 aromatic heterocycles. The number of aryl methyl sites for hydroxylation is 2. The van der Waals surface area contributed by atoms with Crippen LogP contribution in [-0.2, 0) is 0 Å². The van der Waals surface area contributed by atoms with Crippen LogP contribution in [0.4, 0.5) is 4.39 Å². The molecule has 1 atom stereocenters. The van der Waals surface area contributed by atoms with Crippen LogP contribution in [0.5, 0.6) is 0 Å². The molecule has 2 rings (SSSR count). The molecule has 0 amide bonds. The van der Waals surface area contributed by atoms with Crippen LogP contribution in [0.3, 0.4) is 0 Å². The van der Waals surface area contributed by atoms with Crippen molar-refractivity contribution in [1.29, 1.82) is 0 Å². The lowest BCUT2D eigenvalue weighted by Crippen LogP contribution is -2.28. The minimum Gasteiger partial charge on any atom is -0.388 e. The second kappa shape index (κ2) is 5.85. The molecule has 0 bridgehead atoms. The normalized spacial score (nSPS) is 19.6. The van der Waals surface area contributed by atoms with Gasteiger partial charge in [0.05, 0.1) is 6.10 Å². The zero-order valence-electron chi connectivity index (χ0n) is 13.2. The molecule has 0 heterocycles. The maximum Gasteiger partial charge on any atom is 0.129 e. The predicted octanol–water partition coefficient (Wildman–Crippen LogP) is 5.08. The Morgan fingerprint density at radius 1 is 1.15 bits per heavy atom. The second-order valence-electron chi connectivity index (χ2n) is 7.04. The smallest absolute Gasteiger partial charge is 0.129 e. The van der Waals surface area contributed by atoms with Crippen molar-refractivity contribution in [2.75, 3.05) is 0 Å². The highest BCUT2D eigenvalue weighted by molar-refractivity contribution is 5.32. The van der Waals surface area contributed by atoms with Crippen LogP contribution in [-0.4, -0.2) is 5.11 Å². The van der Waals surface area contributed by atoms with Crippen molar-refractivity contribution in [3.05, 3.63) is 34.6 Å². The third kappa shape index (κ3) is 2.90. The van der Waals surface area contributed by atoms with E-state index in [-0.39, 0.29) is 11.2 Å². The van der Waals surface area contributed by atoms with Crippen LogP contribution in [0.25, 0.3) is 0 Å². The lowest BCUT2D eigenvalue weighted by Gasteiger charge is -2.36. The Bertz CT molecular complexity index is 449. The quantitative estimate of drug-likeness (QED) is 0.814. The summed E-state index contributed by atoms with van der Waals surface area (Å²) in [6.45, 7) is 7.99. The number of halogens is 1. The molecule has 1 N–H and O–H groups in total. The van der Waals surface area contributed by atoms with E-state index in [2.05, 4.69) is 13.8 Å². The lowest BCUT2D eigenvalue weighted by atomic mass is 9.71. The maximum absolute atomic E-state index is 13.8. The summed E-state index contributed by atoms with van der Waals surface area (Å²) in [4.78, 5) is 0. The van der Waals surface area contributed by atoms with Crippen molar-refractivity contribution in [3.8, 4) is 0 Å². The zero-order chi connectivity index (χ0) is 14.9. The largest absolute Gasteiger partial charge is 0.388 e. The van der Waals surface area contributed by atoms with E-state index < -0.39 is 6.10 Å². The Kier molecular flexibility index (Phi) is 4.53. The van der Waals surface area contributed by atoms with Crippen molar-refractivity contribution in [3.63, 3.8) is 0 Å². The van der Waals surface area contributed by atoms with E-state index in [9.17, 15) is 9.50 Å². The van der Waals surface area contributed by atoms with Crippen molar-refractivity contribution in [1.82, 2.24) is 0 Å².